The highest BCUT2D eigenvalue weighted by molar-refractivity contribution is 6.17. The van der Waals surface area contributed by atoms with Gasteiger partial charge in [0.1, 0.15) is 0 Å². The van der Waals surface area contributed by atoms with Crippen molar-refractivity contribution in [1.29, 1.82) is 0 Å². The summed E-state index contributed by atoms with van der Waals surface area (Å²) in [6.45, 7) is 4.81. The molecule has 1 amide bonds. The average Bonchev–Trinajstić information content (AvgIpc) is 3.17. The van der Waals surface area contributed by atoms with Crippen LogP contribution in [0.3, 0.4) is 0 Å². The van der Waals surface area contributed by atoms with Gasteiger partial charge in [0.15, 0.2) is 0 Å². The van der Waals surface area contributed by atoms with Crippen LogP contribution in [0, 0.1) is 5.92 Å². The summed E-state index contributed by atoms with van der Waals surface area (Å²) in [5.41, 5.74) is 2.09. The van der Waals surface area contributed by atoms with Gasteiger partial charge >= 0.3 is 6.18 Å². The molecule has 1 aromatic heterocycles. The maximum absolute atomic E-state index is 13.8. The maximum atomic E-state index is 13.8. The summed E-state index contributed by atoms with van der Waals surface area (Å²) < 4.78 is 43.0. The Kier molecular flexibility index (Phi) is 7.11. The van der Waals surface area contributed by atoms with E-state index < -0.39 is 17.6 Å². The number of carbonyl (C=O) groups is 1. The fourth-order valence-corrected chi connectivity index (χ4v) is 3.90. The quantitative estimate of drug-likeness (QED) is 0.484. The number of hydrogen-bond donors (Lipinski definition) is 2. The van der Waals surface area contributed by atoms with E-state index in [0.717, 1.165) is 17.4 Å². The van der Waals surface area contributed by atoms with Gasteiger partial charge in [-0.2, -0.15) is 13.2 Å². The molecule has 0 aliphatic carbocycles. The minimum atomic E-state index is -4.59. The molecule has 1 aliphatic rings. The Hall–Kier alpha value is -3.73. The van der Waals surface area contributed by atoms with Crippen molar-refractivity contribution in [2.45, 2.75) is 33.0 Å². The third kappa shape index (κ3) is 5.73. The minimum absolute atomic E-state index is 0.0260. The van der Waals surface area contributed by atoms with E-state index in [2.05, 4.69) is 25.9 Å². The molecule has 2 aromatic carbocycles. The van der Waals surface area contributed by atoms with E-state index in [1.807, 2.05) is 57.1 Å². The monoisotopic (exact) mass is 499 g/mol. The number of carbonyl (C=O) groups excluding carboxylic acids is 1. The summed E-state index contributed by atoms with van der Waals surface area (Å²) in [5.74, 6) is -0.302. The first kappa shape index (κ1) is 25.4. The van der Waals surface area contributed by atoms with Crippen molar-refractivity contribution >= 4 is 28.7 Å². The van der Waals surface area contributed by atoms with Crippen LogP contribution in [0.4, 0.5) is 30.2 Å². The van der Waals surface area contributed by atoms with Crippen LogP contribution in [0.15, 0.2) is 47.6 Å². The summed E-state index contributed by atoms with van der Waals surface area (Å²) >= 11 is 0. The van der Waals surface area contributed by atoms with E-state index in [0.29, 0.717) is 24.4 Å². The summed E-state index contributed by atoms with van der Waals surface area (Å²) in [4.78, 5) is 19.3. The third-order valence-electron chi connectivity index (χ3n) is 5.52. The number of aliphatic imine (C=N–C) groups is 1. The topological polar surface area (TPSA) is 87.4 Å². The second-order valence-electron chi connectivity index (χ2n) is 9.40. The SMILES string of the molecule is CC(C)CNc1cc2c(cc1C(F)(F)F)NC(=O)CC(c1cccc(-n3nncc3CN(C)C)c1)=N2. The first-order valence-corrected chi connectivity index (χ1v) is 11.5. The zero-order valence-electron chi connectivity index (χ0n) is 20.5. The molecule has 36 heavy (non-hydrogen) atoms. The number of benzene rings is 2. The maximum Gasteiger partial charge on any atom is 0.418 e. The van der Waals surface area contributed by atoms with E-state index in [1.54, 1.807) is 10.9 Å². The normalized spacial score (nSPS) is 13.9. The van der Waals surface area contributed by atoms with Crippen LogP contribution in [0.1, 0.15) is 37.1 Å². The number of hydrogen-bond acceptors (Lipinski definition) is 6. The lowest BCUT2D eigenvalue weighted by Gasteiger charge is -2.18. The van der Waals surface area contributed by atoms with Gasteiger partial charge in [0, 0.05) is 18.8 Å². The molecule has 11 heteroatoms. The molecule has 0 fully saturated rings. The molecule has 0 unspecified atom stereocenters. The molecule has 190 valence electrons. The lowest BCUT2D eigenvalue weighted by atomic mass is 10.1. The van der Waals surface area contributed by atoms with Gasteiger partial charge in [-0.15, -0.1) is 5.10 Å². The molecular formula is C25H28F3N7O. The number of anilines is 2. The zero-order chi connectivity index (χ0) is 26.0. The van der Waals surface area contributed by atoms with E-state index in [4.69, 9.17) is 0 Å². The highest BCUT2D eigenvalue weighted by atomic mass is 19.4. The number of rotatable bonds is 7. The van der Waals surface area contributed by atoms with Gasteiger partial charge in [-0.25, -0.2) is 4.68 Å². The van der Waals surface area contributed by atoms with Gasteiger partial charge in [-0.05, 0) is 49.8 Å². The largest absolute Gasteiger partial charge is 0.418 e. The Bertz CT molecular complexity index is 1300. The second-order valence-corrected chi connectivity index (χ2v) is 9.40. The van der Waals surface area contributed by atoms with E-state index >= 15 is 0 Å². The van der Waals surface area contributed by atoms with Crippen LogP contribution < -0.4 is 10.6 Å². The fraction of sp³-hybridized carbons (Fsp3) is 0.360. The summed E-state index contributed by atoms with van der Waals surface area (Å²) in [5, 5.41) is 13.7. The molecule has 3 aromatic rings. The van der Waals surface area contributed by atoms with Gasteiger partial charge in [0.25, 0.3) is 0 Å². The van der Waals surface area contributed by atoms with Crippen LogP contribution in [-0.4, -0.2) is 52.2 Å². The first-order valence-electron chi connectivity index (χ1n) is 11.5. The number of nitrogens with zero attached hydrogens (tertiary/aromatic N) is 5. The van der Waals surface area contributed by atoms with Crippen LogP contribution in [-0.2, 0) is 17.5 Å². The molecule has 0 saturated heterocycles. The number of halogens is 3. The van der Waals surface area contributed by atoms with Gasteiger partial charge in [-0.1, -0.05) is 31.2 Å². The van der Waals surface area contributed by atoms with E-state index in [9.17, 15) is 18.0 Å². The Labute approximate surface area is 207 Å². The molecule has 0 atom stereocenters. The van der Waals surface area contributed by atoms with Gasteiger partial charge in [-0.3, -0.25) is 9.79 Å². The number of aromatic nitrogens is 3. The van der Waals surface area contributed by atoms with Crippen molar-refractivity contribution in [3.8, 4) is 5.69 Å². The van der Waals surface area contributed by atoms with Crippen LogP contribution in [0.5, 0.6) is 0 Å². The molecule has 0 radical (unpaired) electrons. The van der Waals surface area contributed by atoms with E-state index in [-0.39, 0.29) is 29.4 Å². The molecular weight excluding hydrogens is 471 g/mol. The Morgan fingerprint density at radius 3 is 2.67 bits per heavy atom. The summed E-state index contributed by atoms with van der Waals surface area (Å²) in [7, 11) is 3.89. The molecule has 0 bridgehead atoms. The van der Waals surface area contributed by atoms with Crippen molar-refractivity contribution in [2.75, 3.05) is 31.3 Å². The molecule has 4 rings (SSSR count). The Balaban J connectivity index is 1.77. The standard InChI is InChI=1S/C25H28F3N7O/c1-15(2)12-29-21-10-23-22(9-19(21)25(26,27)28)32-24(36)11-20(31-23)16-6-5-7-17(8-16)35-18(13-30-33-35)14-34(3)4/h5-10,13,15,29H,11-12,14H2,1-4H3,(H,32,36). The highest BCUT2D eigenvalue weighted by Crippen LogP contribution is 2.42. The third-order valence-corrected chi connectivity index (χ3v) is 5.52. The average molecular weight is 500 g/mol. The first-order chi connectivity index (χ1) is 17.0. The van der Waals surface area contributed by atoms with Crippen molar-refractivity contribution < 1.29 is 18.0 Å². The number of alkyl halides is 3. The fourth-order valence-electron chi connectivity index (χ4n) is 3.90. The molecule has 0 spiro atoms. The highest BCUT2D eigenvalue weighted by Gasteiger charge is 2.35. The number of nitrogens with one attached hydrogen (secondary N) is 2. The lowest BCUT2D eigenvalue weighted by molar-refractivity contribution is -0.137. The Morgan fingerprint density at radius 1 is 1.19 bits per heavy atom. The second kappa shape index (κ2) is 10.1. The molecule has 0 saturated carbocycles. The zero-order valence-corrected chi connectivity index (χ0v) is 20.5. The van der Waals surface area contributed by atoms with Gasteiger partial charge in [0.2, 0.25) is 5.91 Å². The Morgan fingerprint density at radius 2 is 1.97 bits per heavy atom. The van der Waals surface area contributed by atoms with Crippen LogP contribution >= 0.6 is 0 Å². The van der Waals surface area contributed by atoms with E-state index in [1.165, 1.54) is 6.07 Å². The van der Waals surface area contributed by atoms with Gasteiger partial charge in [0.05, 0.1) is 46.6 Å². The molecule has 2 N–H and O–H groups in total. The molecule has 8 nitrogen and oxygen atoms in total. The van der Waals surface area contributed by atoms with Crippen LogP contribution in [0.2, 0.25) is 0 Å². The van der Waals surface area contributed by atoms with Crippen molar-refractivity contribution in [2.24, 2.45) is 10.9 Å². The number of fused-ring (bicyclic) bond motifs is 1. The van der Waals surface area contributed by atoms with Crippen molar-refractivity contribution in [1.82, 2.24) is 19.9 Å². The van der Waals surface area contributed by atoms with Crippen LogP contribution in [0.25, 0.3) is 5.69 Å². The number of amides is 1. The minimum Gasteiger partial charge on any atom is -0.384 e. The predicted octanol–water partition coefficient (Wildman–Crippen LogP) is 4.88. The summed E-state index contributed by atoms with van der Waals surface area (Å²) in [6.07, 6.45) is -2.99. The lowest BCUT2D eigenvalue weighted by Crippen LogP contribution is -2.17. The predicted molar refractivity (Wildman–Crippen MR) is 133 cm³/mol. The van der Waals surface area contributed by atoms with Gasteiger partial charge < -0.3 is 15.5 Å². The molecule has 1 aliphatic heterocycles. The van der Waals surface area contributed by atoms with Crippen molar-refractivity contribution in [3.63, 3.8) is 0 Å². The van der Waals surface area contributed by atoms with Crippen molar-refractivity contribution in [3.05, 3.63) is 59.4 Å². The smallest absolute Gasteiger partial charge is 0.384 e. The summed E-state index contributed by atoms with van der Waals surface area (Å²) in [6, 6.07) is 9.63. The molecule has 2 heterocycles.